The maximum Gasteiger partial charge on any atom is 0.269 e. The quantitative estimate of drug-likeness (QED) is 0.517. The number of benzene rings is 1. The van der Waals surface area contributed by atoms with Gasteiger partial charge in [-0.25, -0.2) is 0 Å². The normalized spacial score (nSPS) is 12.5. The third-order valence-electron chi connectivity index (χ3n) is 1.64. The van der Waals surface area contributed by atoms with Crippen LogP contribution in [0.1, 0.15) is 18.6 Å². The van der Waals surface area contributed by atoms with E-state index in [4.69, 9.17) is 0 Å². The lowest BCUT2D eigenvalue weighted by Crippen LogP contribution is -1.97. The van der Waals surface area contributed by atoms with E-state index in [2.05, 4.69) is 0 Å². The number of nitro benzene ring substituents is 1. The van der Waals surface area contributed by atoms with Crippen LogP contribution < -0.4 is 0 Å². The van der Waals surface area contributed by atoms with Crippen LogP contribution >= 0.6 is 22.6 Å². The van der Waals surface area contributed by atoms with Crippen LogP contribution in [0, 0.1) is 13.7 Å². The largest absolute Gasteiger partial charge is 0.389 e. The van der Waals surface area contributed by atoms with Gasteiger partial charge in [0.2, 0.25) is 0 Å². The first-order valence-corrected chi connectivity index (χ1v) is 4.72. The molecule has 5 heteroatoms. The second-order valence-electron chi connectivity index (χ2n) is 2.64. The van der Waals surface area contributed by atoms with Gasteiger partial charge in [0.05, 0.1) is 11.0 Å². The minimum Gasteiger partial charge on any atom is -0.389 e. The van der Waals surface area contributed by atoms with Crippen molar-refractivity contribution in [1.82, 2.24) is 0 Å². The molecule has 4 nitrogen and oxygen atoms in total. The van der Waals surface area contributed by atoms with Gasteiger partial charge in [0, 0.05) is 21.3 Å². The van der Waals surface area contributed by atoms with Crippen molar-refractivity contribution in [3.05, 3.63) is 37.4 Å². The number of aliphatic hydroxyl groups excluding tert-OH is 1. The zero-order chi connectivity index (χ0) is 10.0. The van der Waals surface area contributed by atoms with Crippen molar-refractivity contribution >= 4 is 28.3 Å². The summed E-state index contributed by atoms with van der Waals surface area (Å²) in [5.74, 6) is 0. The molecule has 13 heavy (non-hydrogen) atoms. The molecular weight excluding hydrogens is 285 g/mol. The molecule has 1 rings (SSSR count). The fourth-order valence-corrected chi connectivity index (χ4v) is 1.75. The van der Waals surface area contributed by atoms with Crippen LogP contribution in [0.25, 0.3) is 0 Å². The molecule has 70 valence electrons. The number of hydrogen-bond donors (Lipinski definition) is 1. The fourth-order valence-electron chi connectivity index (χ4n) is 0.965. The van der Waals surface area contributed by atoms with Crippen LogP contribution in [-0.2, 0) is 0 Å². The molecule has 1 atom stereocenters. The predicted octanol–water partition coefficient (Wildman–Crippen LogP) is 2.25. The Hall–Kier alpha value is -0.690. The van der Waals surface area contributed by atoms with Crippen LogP contribution in [0.2, 0.25) is 0 Å². The third-order valence-corrected chi connectivity index (χ3v) is 2.62. The van der Waals surface area contributed by atoms with Gasteiger partial charge < -0.3 is 5.11 Å². The zero-order valence-electron chi connectivity index (χ0n) is 6.90. The third kappa shape index (κ3) is 2.38. The van der Waals surface area contributed by atoms with E-state index in [1.807, 2.05) is 22.6 Å². The highest BCUT2D eigenvalue weighted by Gasteiger charge is 2.12. The SMILES string of the molecule is CC(O)c1cc([N+](=O)[O-])ccc1I. The summed E-state index contributed by atoms with van der Waals surface area (Å²) in [5.41, 5.74) is 0.603. The Balaban J connectivity index is 3.19. The topological polar surface area (TPSA) is 63.4 Å². The first-order valence-electron chi connectivity index (χ1n) is 3.64. The van der Waals surface area contributed by atoms with E-state index in [9.17, 15) is 15.2 Å². The molecule has 0 amide bonds. The van der Waals surface area contributed by atoms with Crippen molar-refractivity contribution < 1.29 is 10.0 Å². The lowest BCUT2D eigenvalue weighted by Gasteiger charge is -2.06. The van der Waals surface area contributed by atoms with Crippen LogP contribution in [0.15, 0.2) is 18.2 Å². The number of nitrogens with zero attached hydrogens (tertiary/aromatic N) is 1. The standard InChI is InChI=1S/C8H8INO3/c1-5(11)7-4-6(10(12)13)2-3-8(7)9/h2-5,11H,1H3. The van der Waals surface area contributed by atoms with Crippen molar-refractivity contribution in [1.29, 1.82) is 0 Å². The minimum atomic E-state index is -0.674. The minimum absolute atomic E-state index is 0.0105. The Morgan fingerprint density at radius 2 is 2.23 bits per heavy atom. The van der Waals surface area contributed by atoms with Crippen molar-refractivity contribution in [2.24, 2.45) is 0 Å². The van der Waals surface area contributed by atoms with Gasteiger partial charge in [-0.1, -0.05) is 0 Å². The van der Waals surface area contributed by atoms with Crippen molar-refractivity contribution in [2.75, 3.05) is 0 Å². The summed E-state index contributed by atoms with van der Waals surface area (Å²) in [6.07, 6.45) is -0.674. The molecular formula is C8H8INO3. The van der Waals surface area contributed by atoms with Crippen LogP contribution in [-0.4, -0.2) is 10.0 Å². The van der Waals surface area contributed by atoms with Gasteiger partial charge >= 0.3 is 0 Å². The summed E-state index contributed by atoms with van der Waals surface area (Å²) in [6, 6.07) is 4.45. The smallest absolute Gasteiger partial charge is 0.269 e. The molecule has 0 spiro atoms. The number of aliphatic hydroxyl groups is 1. The Morgan fingerprint density at radius 1 is 1.62 bits per heavy atom. The maximum atomic E-state index is 10.4. The van der Waals surface area contributed by atoms with Crippen molar-refractivity contribution in [3.63, 3.8) is 0 Å². The van der Waals surface area contributed by atoms with Crippen LogP contribution in [0.5, 0.6) is 0 Å². The van der Waals surface area contributed by atoms with E-state index in [0.717, 1.165) is 3.57 Å². The Labute approximate surface area is 88.9 Å². The Morgan fingerprint density at radius 3 is 2.69 bits per heavy atom. The second-order valence-corrected chi connectivity index (χ2v) is 3.80. The molecule has 1 unspecified atom stereocenters. The molecule has 0 aromatic heterocycles. The van der Waals surface area contributed by atoms with E-state index >= 15 is 0 Å². The lowest BCUT2D eigenvalue weighted by molar-refractivity contribution is -0.385. The molecule has 0 fully saturated rings. The second kappa shape index (κ2) is 4.01. The molecule has 1 aromatic carbocycles. The monoisotopic (exact) mass is 293 g/mol. The predicted molar refractivity (Wildman–Crippen MR) is 56.4 cm³/mol. The zero-order valence-corrected chi connectivity index (χ0v) is 9.06. The van der Waals surface area contributed by atoms with Crippen molar-refractivity contribution in [2.45, 2.75) is 13.0 Å². The molecule has 0 saturated heterocycles. The molecule has 1 aromatic rings. The highest BCUT2D eigenvalue weighted by molar-refractivity contribution is 14.1. The van der Waals surface area contributed by atoms with E-state index < -0.39 is 11.0 Å². The molecule has 0 heterocycles. The molecule has 0 radical (unpaired) electrons. The van der Waals surface area contributed by atoms with Gasteiger partial charge in [-0.2, -0.15) is 0 Å². The summed E-state index contributed by atoms with van der Waals surface area (Å²) in [5, 5.41) is 19.7. The van der Waals surface area contributed by atoms with Crippen LogP contribution in [0.4, 0.5) is 5.69 Å². The van der Waals surface area contributed by atoms with Crippen molar-refractivity contribution in [3.8, 4) is 0 Å². The Kier molecular flexibility index (Phi) is 3.21. The lowest BCUT2D eigenvalue weighted by atomic mass is 10.1. The fraction of sp³-hybridized carbons (Fsp3) is 0.250. The molecule has 0 bridgehead atoms. The Bertz CT molecular complexity index is 338. The maximum absolute atomic E-state index is 10.4. The van der Waals surface area contributed by atoms with Gasteiger partial charge in [-0.3, -0.25) is 10.1 Å². The summed E-state index contributed by atoms with van der Waals surface area (Å²) >= 11 is 2.03. The average molecular weight is 293 g/mol. The van der Waals surface area contributed by atoms with Gasteiger partial charge in [-0.15, -0.1) is 0 Å². The molecule has 1 N–H and O–H groups in total. The summed E-state index contributed by atoms with van der Waals surface area (Å²) in [4.78, 5) is 9.94. The van der Waals surface area contributed by atoms with Gasteiger partial charge in [0.25, 0.3) is 5.69 Å². The van der Waals surface area contributed by atoms with E-state index in [1.54, 1.807) is 13.0 Å². The van der Waals surface area contributed by atoms with Gasteiger partial charge in [0.15, 0.2) is 0 Å². The molecule has 0 aliphatic carbocycles. The highest BCUT2D eigenvalue weighted by Crippen LogP contribution is 2.24. The number of halogens is 1. The van der Waals surface area contributed by atoms with E-state index in [1.165, 1.54) is 12.1 Å². The first kappa shape index (κ1) is 10.4. The molecule has 0 aliphatic rings. The number of rotatable bonds is 2. The molecule has 0 aliphatic heterocycles. The molecule has 0 saturated carbocycles. The summed E-state index contributed by atoms with van der Waals surface area (Å²) in [6.45, 7) is 1.58. The number of nitro groups is 1. The highest BCUT2D eigenvalue weighted by atomic mass is 127. The summed E-state index contributed by atoms with van der Waals surface area (Å²) in [7, 11) is 0. The van der Waals surface area contributed by atoms with Crippen LogP contribution in [0.3, 0.4) is 0 Å². The first-order chi connectivity index (χ1) is 6.02. The summed E-state index contributed by atoms with van der Waals surface area (Å²) < 4.78 is 0.832. The van der Waals surface area contributed by atoms with Gasteiger partial charge in [0.1, 0.15) is 0 Å². The number of non-ortho nitro benzene ring substituents is 1. The van der Waals surface area contributed by atoms with E-state index in [0.29, 0.717) is 5.56 Å². The van der Waals surface area contributed by atoms with Gasteiger partial charge in [-0.05, 0) is 35.6 Å². The number of hydrogen-bond acceptors (Lipinski definition) is 3. The van der Waals surface area contributed by atoms with E-state index in [-0.39, 0.29) is 5.69 Å². The average Bonchev–Trinajstić information content (AvgIpc) is 2.04.